The number of carbonyl (C=O) groups is 1. The van der Waals surface area contributed by atoms with Crippen LogP contribution in [0.5, 0.6) is 0 Å². The van der Waals surface area contributed by atoms with Crippen LogP contribution in [-0.4, -0.2) is 60.2 Å². The molecular weight excluding hydrogens is 442 g/mol. The molecule has 4 nitrogen and oxygen atoms in total. The van der Waals surface area contributed by atoms with E-state index in [2.05, 4.69) is 63.3 Å². The summed E-state index contributed by atoms with van der Waals surface area (Å²) >= 11 is 6.34. The molecule has 1 fully saturated rings. The number of benzene rings is 1. The first kappa shape index (κ1) is 28.8. The number of hydrogen-bond acceptors (Lipinski definition) is 3. The molecule has 0 saturated carbocycles. The average Bonchev–Trinajstić information content (AvgIpc) is 2.71. The molecule has 1 aliphatic rings. The van der Waals surface area contributed by atoms with Crippen LogP contribution in [0.1, 0.15) is 91.7 Å². The van der Waals surface area contributed by atoms with E-state index in [1.54, 1.807) is 7.05 Å². The lowest BCUT2D eigenvalue weighted by Crippen LogP contribution is -2.53. The third-order valence-corrected chi connectivity index (χ3v) is 7.11. The van der Waals surface area contributed by atoms with Crippen LogP contribution < -0.4 is 0 Å². The van der Waals surface area contributed by atoms with Gasteiger partial charge in [-0.3, -0.25) is 9.79 Å². The molecule has 1 aromatic rings. The van der Waals surface area contributed by atoms with Crippen LogP contribution in [0.4, 0.5) is 0 Å². The number of aliphatic imine (C=N–C) groups is 1. The first-order valence-electron chi connectivity index (χ1n) is 13.0. The predicted octanol–water partition coefficient (Wildman–Crippen LogP) is 7.01. The second-order valence-corrected chi connectivity index (χ2v) is 13.1. The van der Waals surface area contributed by atoms with Crippen LogP contribution in [0.2, 0.25) is 5.02 Å². The molecule has 0 unspecified atom stereocenters. The lowest BCUT2D eigenvalue weighted by atomic mass is 9.87. The van der Waals surface area contributed by atoms with Crippen molar-refractivity contribution in [3.8, 4) is 0 Å². The fourth-order valence-corrected chi connectivity index (χ4v) is 5.05. The van der Waals surface area contributed by atoms with Gasteiger partial charge >= 0.3 is 0 Å². The molecule has 34 heavy (non-hydrogen) atoms. The Morgan fingerprint density at radius 3 is 2.18 bits per heavy atom. The van der Waals surface area contributed by atoms with Crippen molar-refractivity contribution < 1.29 is 4.79 Å². The smallest absolute Gasteiger partial charge is 0.273 e. The molecule has 0 aromatic heterocycles. The van der Waals surface area contributed by atoms with Gasteiger partial charge < -0.3 is 9.80 Å². The van der Waals surface area contributed by atoms with Gasteiger partial charge in [0.05, 0.1) is 0 Å². The number of nitrogens with zero attached hydrogens (tertiary/aromatic N) is 3. The predicted molar refractivity (Wildman–Crippen MR) is 147 cm³/mol. The van der Waals surface area contributed by atoms with E-state index >= 15 is 0 Å². The molecule has 1 aliphatic heterocycles. The summed E-state index contributed by atoms with van der Waals surface area (Å²) in [6.45, 7) is 21.2. The van der Waals surface area contributed by atoms with Crippen molar-refractivity contribution >= 4 is 23.2 Å². The Morgan fingerprint density at radius 2 is 1.68 bits per heavy atom. The molecule has 0 bridgehead atoms. The van der Waals surface area contributed by atoms with Gasteiger partial charge in [0.2, 0.25) is 0 Å². The number of carbonyl (C=O) groups excluding carboxylic acids is 1. The van der Waals surface area contributed by atoms with Crippen LogP contribution in [0.3, 0.4) is 0 Å². The molecule has 1 atom stereocenters. The Bertz CT molecular complexity index is 822. The summed E-state index contributed by atoms with van der Waals surface area (Å²) in [6.07, 6.45) is 5.30. The van der Waals surface area contributed by atoms with Crippen molar-refractivity contribution in [3.05, 3.63) is 34.3 Å². The van der Waals surface area contributed by atoms with Gasteiger partial charge in [-0.05, 0) is 87.1 Å². The average molecular weight is 490 g/mol. The molecule has 1 aromatic carbocycles. The maximum Gasteiger partial charge on any atom is 0.273 e. The van der Waals surface area contributed by atoms with Crippen molar-refractivity contribution in [1.29, 1.82) is 0 Å². The van der Waals surface area contributed by atoms with E-state index in [0.717, 1.165) is 56.4 Å². The van der Waals surface area contributed by atoms with Crippen molar-refractivity contribution in [1.82, 2.24) is 9.80 Å². The minimum atomic E-state index is 0.0405. The first-order valence-corrected chi connectivity index (χ1v) is 13.4. The molecule has 2 rings (SSSR count). The maximum atomic E-state index is 14.0. The molecule has 0 radical (unpaired) electrons. The standard InChI is InChI=1S/C29H48ClN3O/c1-21-18-23(20-24(30)19-21)26(31-9)27(34)33(22(2)10-13-28(3,4)5)25-11-15-32(16-12-25)17-14-29(6,7)8/h18-20,22,25H,10-17H2,1-9H3/t22-/m0/s1. The van der Waals surface area contributed by atoms with Gasteiger partial charge in [-0.15, -0.1) is 0 Å². The molecule has 192 valence electrons. The molecular formula is C29H48ClN3O. The Labute approximate surface area is 214 Å². The highest BCUT2D eigenvalue weighted by Crippen LogP contribution is 2.28. The van der Waals surface area contributed by atoms with Crippen LogP contribution in [0.15, 0.2) is 23.2 Å². The number of amides is 1. The highest BCUT2D eigenvalue weighted by Gasteiger charge is 2.34. The van der Waals surface area contributed by atoms with Gasteiger partial charge in [0.15, 0.2) is 0 Å². The molecule has 0 N–H and O–H groups in total. The third kappa shape index (κ3) is 9.00. The zero-order valence-corrected chi connectivity index (χ0v) is 23.9. The quantitative estimate of drug-likeness (QED) is 0.368. The number of hydrogen-bond donors (Lipinski definition) is 0. The SMILES string of the molecule is CN=C(C(=O)N(C1CCN(CCC(C)(C)C)CC1)[C@@H](C)CCC(C)(C)C)c1cc(C)cc(Cl)c1. The van der Waals surface area contributed by atoms with E-state index < -0.39 is 0 Å². The highest BCUT2D eigenvalue weighted by molar-refractivity contribution is 6.45. The molecule has 1 amide bonds. The van der Waals surface area contributed by atoms with Crippen LogP contribution in [0.25, 0.3) is 0 Å². The normalized spacial score (nSPS) is 17.6. The summed E-state index contributed by atoms with van der Waals surface area (Å²) in [5, 5.41) is 0.642. The number of rotatable bonds is 8. The molecule has 1 saturated heterocycles. The first-order chi connectivity index (χ1) is 15.7. The lowest BCUT2D eigenvalue weighted by Gasteiger charge is -2.42. The molecule has 1 heterocycles. The Balaban J connectivity index is 2.24. The van der Waals surface area contributed by atoms with E-state index in [9.17, 15) is 4.79 Å². The van der Waals surface area contributed by atoms with E-state index in [-0.39, 0.29) is 23.4 Å². The Morgan fingerprint density at radius 1 is 1.09 bits per heavy atom. The van der Waals surface area contributed by atoms with Gasteiger partial charge in [-0.25, -0.2) is 0 Å². The van der Waals surface area contributed by atoms with Crippen molar-refractivity contribution in [3.63, 3.8) is 0 Å². The van der Waals surface area contributed by atoms with Crippen molar-refractivity contribution in [2.24, 2.45) is 15.8 Å². The summed E-state index contributed by atoms with van der Waals surface area (Å²) in [7, 11) is 1.72. The summed E-state index contributed by atoms with van der Waals surface area (Å²) in [5.74, 6) is 0.0405. The second kappa shape index (κ2) is 12.0. The Kier molecular flexibility index (Phi) is 10.2. The van der Waals surface area contributed by atoms with E-state index in [1.165, 1.54) is 6.42 Å². The van der Waals surface area contributed by atoms with Gasteiger partial charge in [-0.1, -0.05) is 53.1 Å². The fourth-order valence-electron chi connectivity index (χ4n) is 4.77. The fraction of sp³-hybridized carbons (Fsp3) is 0.724. The van der Waals surface area contributed by atoms with Crippen molar-refractivity contribution in [2.75, 3.05) is 26.7 Å². The second-order valence-electron chi connectivity index (χ2n) is 12.6. The highest BCUT2D eigenvalue weighted by atomic mass is 35.5. The number of likely N-dealkylation sites (tertiary alicyclic amines) is 1. The van der Waals surface area contributed by atoms with Crippen LogP contribution in [0, 0.1) is 17.8 Å². The van der Waals surface area contributed by atoms with Crippen molar-refractivity contribution in [2.45, 2.75) is 99.6 Å². The minimum Gasteiger partial charge on any atom is -0.332 e. The zero-order chi connectivity index (χ0) is 25.7. The zero-order valence-electron chi connectivity index (χ0n) is 23.2. The van der Waals surface area contributed by atoms with Gasteiger partial charge in [0.25, 0.3) is 5.91 Å². The minimum absolute atomic E-state index is 0.0405. The summed E-state index contributed by atoms with van der Waals surface area (Å²) in [6, 6.07) is 6.20. The summed E-state index contributed by atoms with van der Waals surface area (Å²) < 4.78 is 0. The molecule has 0 aliphatic carbocycles. The summed E-state index contributed by atoms with van der Waals surface area (Å²) in [5.41, 5.74) is 2.96. The van der Waals surface area contributed by atoms with Crippen LogP contribution >= 0.6 is 11.6 Å². The molecule has 0 spiro atoms. The Hall–Kier alpha value is -1.39. The van der Waals surface area contributed by atoms with Gasteiger partial charge in [0, 0.05) is 42.8 Å². The monoisotopic (exact) mass is 489 g/mol. The van der Waals surface area contributed by atoms with E-state index in [0.29, 0.717) is 16.1 Å². The molecule has 5 heteroatoms. The third-order valence-electron chi connectivity index (χ3n) is 6.89. The number of piperidine rings is 1. The van der Waals surface area contributed by atoms with E-state index in [1.807, 2.05) is 25.1 Å². The lowest BCUT2D eigenvalue weighted by molar-refractivity contribution is -0.130. The summed E-state index contributed by atoms with van der Waals surface area (Å²) in [4.78, 5) is 23.2. The number of halogens is 1. The van der Waals surface area contributed by atoms with Gasteiger partial charge in [0.1, 0.15) is 5.71 Å². The largest absolute Gasteiger partial charge is 0.332 e. The maximum absolute atomic E-state index is 14.0. The van der Waals surface area contributed by atoms with Gasteiger partial charge in [-0.2, -0.15) is 0 Å². The number of aryl methyl sites for hydroxylation is 1. The van der Waals surface area contributed by atoms with E-state index in [4.69, 9.17) is 11.6 Å². The topological polar surface area (TPSA) is 35.9 Å². The van der Waals surface area contributed by atoms with Crippen LogP contribution in [-0.2, 0) is 4.79 Å².